The van der Waals surface area contributed by atoms with E-state index in [4.69, 9.17) is 21.1 Å². The van der Waals surface area contributed by atoms with Crippen LogP contribution in [0.4, 0.5) is 17.1 Å². The highest BCUT2D eigenvalue weighted by molar-refractivity contribution is 9.11. The molecule has 8 nitrogen and oxygen atoms in total. The van der Waals surface area contributed by atoms with Gasteiger partial charge in [0.15, 0.2) is 0 Å². The minimum Gasteiger partial charge on any atom is -0.496 e. The van der Waals surface area contributed by atoms with Gasteiger partial charge in [-0.15, -0.1) is 11.3 Å². The molecular formula is C33H31BrClN3O5S. The van der Waals surface area contributed by atoms with E-state index in [1.807, 2.05) is 44.2 Å². The summed E-state index contributed by atoms with van der Waals surface area (Å²) in [5.41, 5.74) is 3.96. The van der Waals surface area contributed by atoms with E-state index in [0.717, 1.165) is 26.2 Å². The second kappa shape index (κ2) is 13.0. The Bertz CT molecular complexity index is 1740. The minimum absolute atomic E-state index is 0.0933. The number of nitrogens with one attached hydrogen (secondary N) is 2. The van der Waals surface area contributed by atoms with Gasteiger partial charge in [0.25, 0.3) is 11.8 Å². The highest BCUT2D eigenvalue weighted by atomic mass is 79.9. The lowest BCUT2D eigenvalue weighted by molar-refractivity contribution is -0.121. The number of amides is 2. The van der Waals surface area contributed by atoms with Crippen LogP contribution in [0.2, 0.25) is 0 Å². The fraction of sp³-hybridized carbons (Fsp3) is 0.242. The molecule has 44 heavy (non-hydrogen) atoms. The van der Waals surface area contributed by atoms with Crippen molar-refractivity contribution < 1.29 is 23.9 Å². The maximum Gasteiger partial charge on any atom is 0.348 e. The Morgan fingerprint density at radius 1 is 1.11 bits per heavy atom. The second-order valence-corrected chi connectivity index (χ2v) is 13.6. The Hall–Kier alpha value is -3.86. The first-order chi connectivity index (χ1) is 21.0. The van der Waals surface area contributed by atoms with E-state index < -0.39 is 11.5 Å². The normalized spacial score (nSPS) is 15.4. The number of hydrogen-bond donors (Lipinski definition) is 2. The number of hydrogen-bond acceptors (Lipinski definition) is 7. The highest BCUT2D eigenvalue weighted by Gasteiger charge is 2.38. The van der Waals surface area contributed by atoms with Gasteiger partial charge in [-0.2, -0.15) is 0 Å². The first-order valence-corrected chi connectivity index (χ1v) is 15.9. The van der Waals surface area contributed by atoms with Gasteiger partial charge >= 0.3 is 5.97 Å². The number of nitrogens with zero attached hydrogens (tertiary/aromatic N) is 1. The fourth-order valence-corrected chi connectivity index (χ4v) is 6.77. The summed E-state index contributed by atoms with van der Waals surface area (Å²) in [6.45, 7) is 3.77. The molecule has 5 rings (SSSR count). The number of likely N-dealkylation sites (N-methyl/N-ethyl adjacent to an activating group) is 1. The van der Waals surface area contributed by atoms with Crippen molar-refractivity contribution in [3.05, 3.63) is 91.6 Å². The third-order valence-electron chi connectivity index (χ3n) is 7.34. The number of rotatable bonds is 8. The molecule has 2 N–H and O–H groups in total. The maximum absolute atomic E-state index is 13.3. The summed E-state index contributed by atoms with van der Waals surface area (Å²) < 4.78 is 12.3. The van der Waals surface area contributed by atoms with Crippen molar-refractivity contribution in [2.75, 3.05) is 36.3 Å². The van der Waals surface area contributed by atoms with Crippen LogP contribution in [0.25, 0.3) is 11.1 Å². The lowest BCUT2D eigenvalue weighted by atomic mass is 9.90. The Labute approximate surface area is 273 Å². The molecule has 2 heterocycles. The molecule has 228 valence electrons. The average Bonchev–Trinajstić information content (AvgIpc) is 3.31. The number of halogens is 2. The largest absolute Gasteiger partial charge is 0.496 e. The second-order valence-electron chi connectivity index (χ2n) is 10.8. The van der Waals surface area contributed by atoms with Gasteiger partial charge in [0.1, 0.15) is 16.2 Å². The number of methoxy groups -OCH3 is 1. The van der Waals surface area contributed by atoms with E-state index in [1.165, 1.54) is 11.3 Å². The van der Waals surface area contributed by atoms with E-state index in [0.29, 0.717) is 45.4 Å². The zero-order valence-electron chi connectivity index (χ0n) is 24.6. The van der Waals surface area contributed by atoms with Gasteiger partial charge in [-0.05, 0) is 83.7 Å². The van der Waals surface area contributed by atoms with Crippen LogP contribution >= 0.6 is 38.9 Å². The molecule has 0 radical (unpaired) electrons. The number of benzene rings is 2. The number of ether oxygens (including phenoxy) is 2. The molecule has 0 saturated carbocycles. The number of carbonyl (C=O) groups is 3. The van der Waals surface area contributed by atoms with Crippen molar-refractivity contribution in [3.8, 4) is 16.9 Å². The zero-order valence-corrected chi connectivity index (χ0v) is 27.8. The lowest BCUT2D eigenvalue weighted by Crippen LogP contribution is -2.52. The quantitative estimate of drug-likeness (QED) is 0.235. The smallest absolute Gasteiger partial charge is 0.348 e. The molecule has 2 amide bonds. The third-order valence-corrected chi connectivity index (χ3v) is 9.27. The van der Waals surface area contributed by atoms with Gasteiger partial charge in [0, 0.05) is 30.8 Å². The summed E-state index contributed by atoms with van der Waals surface area (Å²) in [7, 11) is 3.31. The number of thiophene rings is 1. The summed E-state index contributed by atoms with van der Waals surface area (Å²) >= 11 is 11.0. The predicted molar refractivity (Wildman–Crippen MR) is 180 cm³/mol. The number of anilines is 3. The minimum atomic E-state index is -0.794. The first kappa shape index (κ1) is 31.6. The van der Waals surface area contributed by atoms with Crippen LogP contribution < -0.4 is 20.3 Å². The summed E-state index contributed by atoms with van der Waals surface area (Å²) in [5, 5.41) is 6.62. The molecular weight excluding hydrogens is 666 g/mol. The van der Waals surface area contributed by atoms with Crippen LogP contribution in [0.5, 0.6) is 5.75 Å². The van der Waals surface area contributed by atoms with Gasteiger partial charge in [-0.25, -0.2) is 4.79 Å². The van der Waals surface area contributed by atoms with Crippen molar-refractivity contribution in [2.45, 2.75) is 32.2 Å². The molecule has 11 heteroatoms. The molecule has 2 aromatic carbocycles. The molecule has 2 aliphatic rings. The van der Waals surface area contributed by atoms with E-state index in [1.54, 1.807) is 55.5 Å². The van der Waals surface area contributed by atoms with Crippen molar-refractivity contribution in [2.24, 2.45) is 0 Å². The van der Waals surface area contributed by atoms with E-state index in [9.17, 15) is 14.4 Å². The summed E-state index contributed by atoms with van der Waals surface area (Å²) in [5.74, 6) is -0.332. The zero-order chi connectivity index (χ0) is 31.6. The van der Waals surface area contributed by atoms with Crippen molar-refractivity contribution >= 4 is 73.7 Å². The molecule has 1 aliphatic carbocycles. The molecule has 3 aromatic rings. The fourth-order valence-electron chi connectivity index (χ4n) is 5.26. The number of fused-ring (bicyclic) bond motifs is 1. The van der Waals surface area contributed by atoms with Crippen LogP contribution in [0.3, 0.4) is 0 Å². The van der Waals surface area contributed by atoms with Crippen LogP contribution in [-0.2, 0) is 20.7 Å². The monoisotopic (exact) mass is 695 g/mol. The first-order valence-electron chi connectivity index (χ1n) is 13.9. The molecule has 0 unspecified atom stereocenters. The van der Waals surface area contributed by atoms with Gasteiger partial charge < -0.3 is 25.0 Å². The Morgan fingerprint density at radius 2 is 1.86 bits per heavy atom. The van der Waals surface area contributed by atoms with Crippen molar-refractivity contribution in [1.82, 2.24) is 0 Å². The maximum atomic E-state index is 13.3. The standard InChI is InChI=1S/C33H31BrClN3O5S/c1-33(2)32(41)38(3)29-22(16-17-43-31(40)27-14-15-28(34)44-27)20(12-13-25(29)37-33)21-11-10-19(18-26(21)42-4)36-30(39)23-8-6-5-7-9-24(23)35/h6-15,18,37H,5,16-17H2,1-4H3,(H,36,39). The topological polar surface area (TPSA) is 97.0 Å². The SMILES string of the molecule is COc1cc(NC(=O)C2=C(Cl)C=CCC=C2)ccc1-c1ccc2c(c1CCOC(=O)c1ccc(Br)s1)N(C)C(=O)C(C)(C)N2. The van der Waals surface area contributed by atoms with Gasteiger partial charge in [-0.3, -0.25) is 9.59 Å². The average molecular weight is 697 g/mol. The summed E-state index contributed by atoms with van der Waals surface area (Å²) in [6, 6.07) is 12.8. The Morgan fingerprint density at radius 3 is 2.59 bits per heavy atom. The van der Waals surface area contributed by atoms with Crippen LogP contribution in [0, 0.1) is 0 Å². The molecule has 0 bridgehead atoms. The van der Waals surface area contributed by atoms with Crippen molar-refractivity contribution in [1.29, 1.82) is 0 Å². The Kier molecular flexibility index (Phi) is 9.34. The van der Waals surface area contributed by atoms with Gasteiger partial charge in [0.05, 0.1) is 39.5 Å². The Balaban J connectivity index is 1.50. The number of allylic oxidation sites excluding steroid dienone is 4. The predicted octanol–water partition coefficient (Wildman–Crippen LogP) is 7.70. The molecule has 1 aliphatic heterocycles. The van der Waals surface area contributed by atoms with E-state index >= 15 is 0 Å². The van der Waals surface area contributed by atoms with E-state index in [-0.39, 0.29) is 18.4 Å². The van der Waals surface area contributed by atoms with Crippen LogP contribution in [0.1, 0.15) is 35.5 Å². The van der Waals surface area contributed by atoms with Gasteiger partial charge in [-0.1, -0.05) is 35.9 Å². The van der Waals surface area contributed by atoms with Crippen LogP contribution in [-0.4, -0.2) is 44.1 Å². The van der Waals surface area contributed by atoms with E-state index in [2.05, 4.69) is 26.6 Å². The number of carbonyl (C=O) groups excluding carboxylic acids is 3. The molecule has 0 spiro atoms. The van der Waals surface area contributed by atoms with Crippen LogP contribution in [0.15, 0.2) is 81.2 Å². The molecule has 0 atom stereocenters. The molecule has 0 saturated heterocycles. The van der Waals surface area contributed by atoms with Gasteiger partial charge in [0.2, 0.25) is 0 Å². The lowest BCUT2D eigenvalue weighted by Gasteiger charge is -2.39. The molecule has 0 fully saturated rings. The summed E-state index contributed by atoms with van der Waals surface area (Å²) in [6.07, 6.45) is 8.21. The number of esters is 1. The highest BCUT2D eigenvalue weighted by Crippen LogP contribution is 2.44. The third kappa shape index (κ3) is 6.47. The summed E-state index contributed by atoms with van der Waals surface area (Å²) in [4.78, 5) is 41.2. The molecule has 1 aromatic heterocycles. The van der Waals surface area contributed by atoms with Crippen molar-refractivity contribution in [3.63, 3.8) is 0 Å².